The van der Waals surface area contributed by atoms with Gasteiger partial charge in [-0.3, -0.25) is 4.79 Å². The Bertz CT molecular complexity index is 615. The summed E-state index contributed by atoms with van der Waals surface area (Å²) in [6.45, 7) is 8.72. The highest BCUT2D eigenvalue weighted by atomic mass is 32.2. The molecule has 0 aromatic heterocycles. The minimum absolute atomic E-state index is 0.0623. The number of amides is 2. The summed E-state index contributed by atoms with van der Waals surface area (Å²) in [4.78, 5) is 25.8. The van der Waals surface area contributed by atoms with Crippen molar-refractivity contribution in [3.63, 3.8) is 0 Å². The third kappa shape index (κ3) is 5.56. The number of para-hydroxylation sites is 1. The van der Waals surface area contributed by atoms with Crippen molar-refractivity contribution in [2.75, 3.05) is 25.4 Å². The van der Waals surface area contributed by atoms with E-state index in [1.165, 1.54) is 0 Å². The van der Waals surface area contributed by atoms with Crippen LogP contribution in [0.15, 0.2) is 24.3 Å². The van der Waals surface area contributed by atoms with Crippen LogP contribution in [-0.4, -0.2) is 48.0 Å². The fourth-order valence-electron chi connectivity index (χ4n) is 2.52. The first-order valence-electron chi connectivity index (χ1n) is 8.41. The van der Waals surface area contributed by atoms with Crippen LogP contribution in [0.4, 0.5) is 4.79 Å². The van der Waals surface area contributed by atoms with Gasteiger partial charge in [0, 0.05) is 18.7 Å². The van der Waals surface area contributed by atoms with Crippen molar-refractivity contribution in [3.05, 3.63) is 29.8 Å². The van der Waals surface area contributed by atoms with E-state index in [1.54, 1.807) is 16.7 Å². The molecule has 2 amide bonds. The van der Waals surface area contributed by atoms with E-state index >= 15 is 0 Å². The number of rotatable bonds is 6. The van der Waals surface area contributed by atoms with Crippen LogP contribution in [0.5, 0.6) is 5.75 Å². The molecule has 1 aromatic carbocycles. The van der Waals surface area contributed by atoms with Gasteiger partial charge in [0.05, 0.1) is 12.4 Å². The van der Waals surface area contributed by atoms with Gasteiger partial charge < -0.3 is 19.7 Å². The van der Waals surface area contributed by atoms with E-state index < -0.39 is 11.7 Å². The predicted molar refractivity (Wildman–Crippen MR) is 98.8 cm³/mol. The van der Waals surface area contributed by atoms with Crippen molar-refractivity contribution >= 4 is 23.8 Å². The molecule has 0 aliphatic carbocycles. The van der Waals surface area contributed by atoms with E-state index in [9.17, 15) is 9.59 Å². The lowest BCUT2D eigenvalue weighted by atomic mass is 10.2. The van der Waals surface area contributed by atoms with Gasteiger partial charge in [0.2, 0.25) is 5.91 Å². The number of nitrogens with zero attached hydrogens (tertiary/aromatic N) is 1. The molecule has 1 unspecified atom stereocenters. The topological polar surface area (TPSA) is 67.9 Å². The Morgan fingerprint density at radius 3 is 2.76 bits per heavy atom. The number of nitrogens with one attached hydrogen (secondary N) is 1. The SMILES string of the molecule is CCOc1ccccc1C1SCC(=O)N1CCNC(=O)OC(C)(C)C. The van der Waals surface area contributed by atoms with Crippen LogP contribution in [0, 0.1) is 0 Å². The Balaban J connectivity index is 1.99. The molecule has 1 aromatic rings. The van der Waals surface area contributed by atoms with Gasteiger partial charge in [0.15, 0.2) is 0 Å². The van der Waals surface area contributed by atoms with Crippen LogP contribution in [0.3, 0.4) is 0 Å². The highest BCUT2D eigenvalue weighted by molar-refractivity contribution is 8.00. The molecule has 2 rings (SSSR count). The summed E-state index contributed by atoms with van der Waals surface area (Å²) < 4.78 is 10.9. The summed E-state index contributed by atoms with van der Waals surface area (Å²) in [6.07, 6.45) is -0.474. The van der Waals surface area contributed by atoms with E-state index in [4.69, 9.17) is 9.47 Å². The second-order valence-electron chi connectivity index (χ2n) is 6.65. The molecule has 1 N–H and O–H groups in total. The van der Waals surface area contributed by atoms with Gasteiger partial charge in [-0.15, -0.1) is 11.8 Å². The van der Waals surface area contributed by atoms with Crippen LogP contribution in [0.1, 0.15) is 38.6 Å². The number of carbonyl (C=O) groups excluding carboxylic acids is 2. The van der Waals surface area contributed by atoms with E-state index in [0.29, 0.717) is 25.4 Å². The normalized spacial score (nSPS) is 17.5. The Morgan fingerprint density at radius 2 is 2.08 bits per heavy atom. The first kappa shape index (κ1) is 19.4. The minimum atomic E-state index is -0.539. The second-order valence-corrected chi connectivity index (χ2v) is 7.72. The number of carbonyl (C=O) groups is 2. The summed E-state index contributed by atoms with van der Waals surface area (Å²) in [5.41, 5.74) is 0.444. The first-order chi connectivity index (χ1) is 11.8. The van der Waals surface area contributed by atoms with Crippen LogP contribution < -0.4 is 10.1 Å². The van der Waals surface area contributed by atoms with Crippen molar-refractivity contribution in [2.24, 2.45) is 0 Å². The lowest BCUT2D eigenvalue weighted by Crippen LogP contribution is -2.39. The monoisotopic (exact) mass is 366 g/mol. The minimum Gasteiger partial charge on any atom is -0.493 e. The number of alkyl carbamates (subject to hydrolysis) is 1. The Morgan fingerprint density at radius 1 is 1.36 bits per heavy atom. The van der Waals surface area contributed by atoms with E-state index in [1.807, 2.05) is 52.0 Å². The lowest BCUT2D eigenvalue weighted by Gasteiger charge is -2.26. The van der Waals surface area contributed by atoms with Crippen LogP contribution >= 0.6 is 11.8 Å². The number of benzene rings is 1. The molecule has 1 heterocycles. The van der Waals surface area contributed by atoms with Crippen molar-refractivity contribution < 1.29 is 19.1 Å². The molecule has 138 valence electrons. The Labute approximate surface area is 153 Å². The summed E-state index contributed by atoms with van der Waals surface area (Å²) in [7, 11) is 0. The van der Waals surface area contributed by atoms with Gasteiger partial charge in [-0.05, 0) is 33.8 Å². The maximum Gasteiger partial charge on any atom is 0.407 e. The zero-order chi connectivity index (χ0) is 18.4. The van der Waals surface area contributed by atoms with Crippen molar-refractivity contribution in [1.29, 1.82) is 0 Å². The van der Waals surface area contributed by atoms with Crippen molar-refractivity contribution in [2.45, 2.75) is 38.7 Å². The zero-order valence-corrected chi connectivity index (χ0v) is 16.0. The molecule has 1 atom stereocenters. The van der Waals surface area contributed by atoms with E-state index in [-0.39, 0.29) is 11.3 Å². The fraction of sp³-hybridized carbons (Fsp3) is 0.556. The average molecular weight is 366 g/mol. The number of hydrogen-bond donors (Lipinski definition) is 1. The molecule has 0 bridgehead atoms. The zero-order valence-electron chi connectivity index (χ0n) is 15.2. The molecule has 7 heteroatoms. The Hall–Kier alpha value is -1.89. The largest absolute Gasteiger partial charge is 0.493 e. The van der Waals surface area contributed by atoms with Gasteiger partial charge in [-0.1, -0.05) is 18.2 Å². The van der Waals surface area contributed by atoms with Crippen molar-refractivity contribution in [3.8, 4) is 5.75 Å². The molecule has 0 radical (unpaired) electrons. The third-order valence-electron chi connectivity index (χ3n) is 3.47. The van der Waals surface area contributed by atoms with Crippen molar-refractivity contribution in [1.82, 2.24) is 10.2 Å². The highest BCUT2D eigenvalue weighted by Gasteiger charge is 2.34. The number of thioether (sulfide) groups is 1. The van der Waals surface area contributed by atoms with Crippen LogP contribution in [0.25, 0.3) is 0 Å². The molecule has 25 heavy (non-hydrogen) atoms. The van der Waals surface area contributed by atoms with Gasteiger partial charge >= 0.3 is 6.09 Å². The van der Waals surface area contributed by atoms with Gasteiger partial charge in [-0.2, -0.15) is 0 Å². The maximum atomic E-state index is 12.3. The summed E-state index contributed by atoms with van der Waals surface area (Å²) in [5.74, 6) is 1.28. The molecule has 1 saturated heterocycles. The second kappa shape index (κ2) is 8.47. The molecular weight excluding hydrogens is 340 g/mol. The van der Waals surface area contributed by atoms with Crippen LogP contribution in [-0.2, 0) is 9.53 Å². The predicted octanol–water partition coefficient (Wildman–Crippen LogP) is 3.18. The fourth-order valence-corrected chi connectivity index (χ4v) is 3.76. The van der Waals surface area contributed by atoms with E-state index in [0.717, 1.165) is 11.3 Å². The molecule has 6 nitrogen and oxygen atoms in total. The summed E-state index contributed by atoms with van der Waals surface area (Å²) in [5, 5.41) is 2.60. The Kier molecular flexibility index (Phi) is 6.58. The maximum absolute atomic E-state index is 12.3. The summed E-state index contributed by atoms with van der Waals surface area (Å²) >= 11 is 1.57. The molecule has 1 aliphatic rings. The van der Waals surface area contributed by atoms with Gasteiger partial charge in [0.25, 0.3) is 0 Å². The first-order valence-corrected chi connectivity index (χ1v) is 9.46. The molecule has 0 saturated carbocycles. The van der Waals surface area contributed by atoms with E-state index in [2.05, 4.69) is 5.32 Å². The molecular formula is C18H26N2O4S. The van der Waals surface area contributed by atoms with Gasteiger partial charge in [-0.25, -0.2) is 4.79 Å². The molecule has 1 fully saturated rings. The standard InChI is InChI=1S/C18H26N2O4S/c1-5-23-14-9-7-6-8-13(14)16-20(15(21)12-25-16)11-10-19-17(22)24-18(2,3)4/h6-9,16H,5,10-12H2,1-4H3,(H,19,22). The highest BCUT2D eigenvalue weighted by Crippen LogP contribution is 2.42. The molecule has 1 aliphatic heterocycles. The van der Waals surface area contributed by atoms with Gasteiger partial charge in [0.1, 0.15) is 16.7 Å². The average Bonchev–Trinajstić information content (AvgIpc) is 2.88. The van der Waals surface area contributed by atoms with Crippen LogP contribution in [0.2, 0.25) is 0 Å². The quantitative estimate of drug-likeness (QED) is 0.837. The lowest BCUT2D eigenvalue weighted by molar-refractivity contribution is -0.128. The number of hydrogen-bond acceptors (Lipinski definition) is 5. The smallest absolute Gasteiger partial charge is 0.407 e. The number of ether oxygens (including phenoxy) is 2. The summed E-state index contributed by atoms with van der Waals surface area (Å²) in [6, 6.07) is 7.76. The third-order valence-corrected chi connectivity index (χ3v) is 4.71. The molecule has 0 spiro atoms.